The molecule has 1 aliphatic heterocycles. The van der Waals surface area contributed by atoms with Crippen LogP contribution in [-0.4, -0.2) is 52.7 Å². The Balaban J connectivity index is 1.93. The van der Waals surface area contributed by atoms with Crippen molar-refractivity contribution in [1.29, 1.82) is 0 Å². The predicted molar refractivity (Wildman–Crippen MR) is 67.2 cm³/mol. The Hall–Kier alpha value is -1.14. The Morgan fingerprint density at radius 1 is 1.41 bits per heavy atom. The monoisotopic (exact) mass is 255 g/mol. The Labute approximate surface area is 105 Å². The number of anilines is 1. The molecule has 0 aromatic carbocycles. The fraction of sp³-hybridized carbons (Fsp3) is 0.636. The Morgan fingerprint density at radius 3 is 2.53 bits per heavy atom. The van der Waals surface area contributed by atoms with Crippen LogP contribution in [0.3, 0.4) is 0 Å². The van der Waals surface area contributed by atoms with Gasteiger partial charge in [0.25, 0.3) is 5.91 Å². The maximum absolute atomic E-state index is 11.9. The van der Waals surface area contributed by atoms with Gasteiger partial charge in [0.1, 0.15) is 5.60 Å². The van der Waals surface area contributed by atoms with Gasteiger partial charge in [-0.1, -0.05) is 0 Å². The second-order valence-electron chi connectivity index (χ2n) is 4.65. The molecular formula is C11H17N3O2S. The Bertz CT molecular complexity index is 378. The van der Waals surface area contributed by atoms with E-state index in [2.05, 4.69) is 9.88 Å². The average Bonchev–Trinajstić information content (AvgIpc) is 2.80. The van der Waals surface area contributed by atoms with E-state index in [4.69, 9.17) is 0 Å². The van der Waals surface area contributed by atoms with Gasteiger partial charge in [-0.15, -0.1) is 11.3 Å². The Morgan fingerprint density at radius 2 is 2.06 bits per heavy atom. The van der Waals surface area contributed by atoms with Crippen LogP contribution in [0.15, 0.2) is 11.6 Å². The summed E-state index contributed by atoms with van der Waals surface area (Å²) in [5.74, 6) is -0.198. The van der Waals surface area contributed by atoms with Crippen molar-refractivity contribution < 1.29 is 9.90 Å². The minimum atomic E-state index is -1.27. The maximum Gasteiger partial charge on any atom is 0.254 e. The standard InChI is InChI=1S/C11H17N3O2S/c1-11(2,16)9(15)13-4-6-14(7-5-13)10-12-3-8-17-10/h3,8,16H,4-7H2,1-2H3. The second kappa shape index (κ2) is 4.62. The van der Waals surface area contributed by atoms with Crippen LogP contribution < -0.4 is 4.90 Å². The first-order valence-electron chi connectivity index (χ1n) is 5.64. The predicted octanol–water partition coefficient (Wildman–Crippen LogP) is 0.563. The topological polar surface area (TPSA) is 56.7 Å². The third-order valence-electron chi connectivity index (χ3n) is 2.78. The van der Waals surface area contributed by atoms with Crippen molar-refractivity contribution in [3.05, 3.63) is 11.6 Å². The van der Waals surface area contributed by atoms with Crippen LogP contribution in [-0.2, 0) is 4.79 Å². The average molecular weight is 255 g/mol. The molecule has 5 nitrogen and oxygen atoms in total. The van der Waals surface area contributed by atoms with E-state index in [1.165, 1.54) is 13.8 Å². The summed E-state index contributed by atoms with van der Waals surface area (Å²) in [5.41, 5.74) is -1.27. The summed E-state index contributed by atoms with van der Waals surface area (Å²) in [4.78, 5) is 20.0. The van der Waals surface area contributed by atoms with E-state index in [0.717, 1.165) is 18.2 Å². The van der Waals surface area contributed by atoms with E-state index in [9.17, 15) is 9.90 Å². The fourth-order valence-electron chi connectivity index (χ4n) is 1.86. The molecule has 1 aliphatic rings. The highest BCUT2D eigenvalue weighted by molar-refractivity contribution is 7.13. The number of aliphatic hydroxyl groups is 1. The first-order valence-corrected chi connectivity index (χ1v) is 6.52. The fourth-order valence-corrected chi connectivity index (χ4v) is 2.56. The highest BCUT2D eigenvalue weighted by atomic mass is 32.1. The molecule has 0 atom stereocenters. The number of piperazine rings is 1. The van der Waals surface area contributed by atoms with E-state index in [1.807, 2.05) is 5.38 Å². The minimum absolute atomic E-state index is 0.198. The molecule has 0 saturated carbocycles. The number of amides is 1. The quantitative estimate of drug-likeness (QED) is 0.839. The molecule has 0 spiro atoms. The minimum Gasteiger partial charge on any atom is -0.381 e. The molecule has 94 valence electrons. The molecular weight excluding hydrogens is 238 g/mol. The molecule has 1 aromatic heterocycles. The summed E-state index contributed by atoms with van der Waals surface area (Å²) >= 11 is 1.61. The molecule has 1 N–H and O–H groups in total. The zero-order valence-electron chi connectivity index (χ0n) is 10.1. The van der Waals surface area contributed by atoms with Gasteiger partial charge in [-0.3, -0.25) is 4.79 Å². The van der Waals surface area contributed by atoms with Crippen molar-refractivity contribution in [3.63, 3.8) is 0 Å². The number of rotatable bonds is 2. The lowest BCUT2D eigenvalue weighted by Crippen LogP contribution is -2.54. The van der Waals surface area contributed by atoms with Crippen LogP contribution in [0.4, 0.5) is 5.13 Å². The van der Waals surface area contributed by atoms with Crippen LogP contribution in [0.2, 0.25) is 0 Å². The largest absolute Gasteiger partial charge is 0.381 e. The normalized spacial score (nSPS) is 17.4. The number of hydrogen-bond acceptors (Lipinski definition) is 5. The number of hydrogen-bond donors (Lipinski definition) is 1. The molecule has 0 aliphatic carbocycles. The molecule has 1 aromatic rings. The summed E-state index contributed by atoms with van der Waals surface area (Å²) in [7, 11) is 0. The summed E-state index contributed by atoms with van der Waals surface area (Å²) in [6.07, 6.45) is 1.79. The molecule has 2 heterocycles. The first kappa shape index (κ1) is 12.3. The van der Waals surface area contributed by atoms with Crippen LogP contribution in [0, 0.1) is 0 Å². The Kier molecular flexibility index (Phi) is 3.35. The molecule has 1 amide bonds. The third kappa shape index (κ3) is 2.76. The van der Waals surface area contributed by atoms with Crippen LogP contribution in [0.5, 0.6) is 0 Å². The zero-order chi connectivity index (χ0) is 12.5. The van der Waals surface area contributed by atoms with Gasteiger partial charge < -0.3 is 14.9 Å². The van der Waals surface area contributed by atoms with Gasteiger partial charge in [-0.25, -0.2) is 4.98 Å². The highest BCUT2D eigenvalue weighted by Gasteiger charge is 2.31. The molecule has 0 radical (unpaired) electrons. The van der Waals surface area contributed by atoms with Gasteiger partial charge in [0.2, 0.25) is 0 Å². The van der Waals surface area contributed by atoms with E-state index in [1.54, 1.807) is 22.4 Å². The first-order chi connectivity index (χ1) is 7.98. The molecule has 2 rings (SSSR count). The highest BCUT2D eigenvalue weighted by Crippen LogP contribution is 2.19. The van der Waals surface area contributed by atoms with Crippen molar-refractivity contribution in [2.24, 2.45) is 0 Å². The molecule has 1 saturated heterocycles. The van der Waals surface area contributed by atoms with Crippen LogP contribution in [0.25, 0.3) is 0 Å². The lowest BCUT2D eigenvalue weighted by Gasteiger charge is -2.37. The van der Waals surface area contributed by atoms with Crippen molar-refractivity contribution >= 4 is 22.4 Å². The van der Waals surface area contributed by atoms with E-state index in [-0.39, 0.29) is 5.91 Å². The van der Waals surface area contributed by atoms with Gasteiger partial charge in [-0.2, -0.15) is 0 Å². The molecule has 0 unspecified atom stereocenters. The molecule has 1 fully saturated rings. The SMILES string of the molecule is CC(C)(O)C(=O)N1CCN(c2nccs2)CC1. The van der Waals surface area contributed by atoms with Crippen LogP contribution >= 0.6 is 11.3 Å². The van der Waals surface area contributed by atoms with Crippen molar-refractivity contribution in [2.75, 3.05) is 31.1 Å². The molecule has 17 heavy (non-hydrogen) atoms. The molecule has 6 heteroatoms. The van der Waals surface area contributed by atoms with Crippen molar-refractivity contribution in [1.82, 2.24) is 9.88 Å². The van der Waals surface area contributed by atoms with Gasteiger partial charge in [0.15, 0.2) is 5.13 Å². The lowest BCUT2D eigenvalue weighted by atomic mass is 10.1. The van der Waals surface area contributed by atoms with Crippen molar-refractivity contribution in [3.8, 4) is 0 Å². The summed E-state index contributed by atoms with van der Waals surface area (Å²) in [5, 5.41) is 12.6. The number of thiazole rings is 1. The van der Waals surface area contributed by atoms with E-state index in [0.29, 0.717) is 13.1 Å². The van der Waals surface area contributed by atoms with Gasteiger partial charge in [0.05, 0.1) is 0 Å². The van der Waals surface area contributed by atoms with Gasteiger partial charge in [0, 0.05) is 37.8 Å². The number of carbonyl (C=O) groups excluding carboxylic acids is 1. The number of nitrogens with zero attached hydrogens (tertiary/aromatic N) is 3. The van der Waals surface area contributed by atoms with Gasteiger partial charge in [-0.05, 0) is 13.8 Å². The molecule has 0 bridgehead atoms. The lowest BCUT2D eigenvalue weighted by molar-refractivity contribution is -0.148. The summed E-state index contributed by atoms with van der Waals surface area (Å²) < 4.78 is 0. The van der Waals surface area contributed by atoms with Crippen LogP contribution in [0.1, 0.15) is 13.8 Å². The summed E-state index contributed by atoms with van der Waals surface area (Å²) in [6.45, 7) is 5.89. The van der Waals surface area contributed by atoms with Crippen molar-refractivity contribution in [2.45, 2.75) is 19.4 Å². The third-order valence-corrected chi connectivity index (χ3v) is 3.61. The van der Waals surface area contributed by atoms with Gasteiger partial charge >= 0.3 is 0 Å². The smallest absolute Gasteiger partial charge is 0.254 e. The number of aromatic nitrogens is 1. The maximum atomic E-state index is 11.9. The second-order valence-corrected chi connectivity index (χ2v) is 5.53. The van der Waals surface area contributed by atoms with E-state index < -0.39 is 5.60 Å². The zero-order valence-corrected chi connectivity index (χ0v) is 10.9. The van der Waals surface area contributed by atoms with E-state index >= 15 is 0 Å². The number of carbonyl (C=O) groups is 1. The summed E-state index contributed by atoms with van der Waals surface area (Å²) in [6, 6.07) is 0.